The number of hydrogen-bond acceptors (Lipinski definition) is 4. The van der Waals surface area contributed by atoms with Crippen LogP contribution in [0.15, 0.2) is 23.1 Å². The van der Waals surface area contributed by atoms with E-state index in [4.69, 9.17) is 0 Å². The Bertz CT molecular complexity index is 599. The maximum Gasteiger partial charge on any atom is 0.250 e. The Morgan fingerprint density at radius 3 is 2.86 bits per heavy atom. The first kappa shape index (κ1) is 15.6. The summed E-state index contributed by atoms with van der Waals surface area (Å²) in [7, 11) is 1.63. The van der Waals surface area contributed by atoms with Gasteiger partial charge in [0.2, 0.25) is 17.4 Å². The lowest BCUT2D eigenvalue weighted by Crippen LogP contribution is -2.44. The predicted octanol–water partition coefficient (Wildman–Crippen LogP) is 1.03. The van der Waals surface area contributed by atoms with E-state index in [0.29, 0.717) is 23.7 Å². The maximum absolute atomic E-state index is 12.3. The Balaban J connectivity index is 2.06. The molecular formula is C14H19N3O3S. The fraction of sp³-hybridized carbons (Fsp3) is 0.500. The molecule has 1 unspecified atom stereocenters. The highest BCUT2D eigenvalue weighted by Crippen LogP contribution is 2.23. The van der Waals surface area contributed by atoms with Crippen molar-refractivity contribution in [2.75, 3.05) is 16.9 Å². The number of anilines is 1. The van der Waals surface area contributed by atoms with Crippen LogP contribution < -0.4 is 10.9 Å². The van der Waals surface area contributed by atoms with Gasteiger partial charge in [0.05, 0.1) is 11.6 Å². The molecule has 1 aromatic rings. The van der Waals surface area contributed by atoms with Gasteiger partial charge in [-0.05, 0) is 12.5 Å². The second kappa shape index (κ2) is 6.80. The minimum atomic E-state index is -0.439. The molecule has 0 radical (unpaired) electrons. The highest BCUT2D eigenvalue weighted by molar-refractivity contribution is 7.99. The number of rotatable bonds is 4. The molecule has 1 fully saturated rings. The third kappa shape index (κ3) is 3.66. The van der Waals surface area contributed by atoms with Crippen LogP contribution in [-0.4, -0.2) is 39.0 Å². The van der Waals surface area contributed by atoms with Gasteiger partial charge in [-0.15, -0.1) is 11.8 Å². The molecule has 0 aromatic carbocycles. The Morgan fingerprint density at radius 1 is 1.43 bits per heavy atom. The molecule has 21 heavy (non-hydrogen) atoms. The van der Waals surface area contributed by atoms with Gasteiger partial charge in [-0.1, -0.05) is 6.92 Å². The number of aromatic nitrogens is 1. The van der Waals surface area contributed by atoms with Crippen molar-refractivity contribution >= 4 is 29.3 Å². The number of carbonyl (C=O) groups excluding carboxylic acids is 2. The molecule has 1 N–H and O–H groups in total. The Hall–Kier alpha value is -1.76. The van der Waals surface area contributed by atoms with E-state index in [1.54, 1.807) is 36.0 Å². The standard InChI is InChI=1S/C14H19N3O3S/c1-3-4-13(19)17-9-21-8-11(17)14(20)15-10-5-6-12(18)16(2)7-10/h5-7,11H,3-4,8-9H2,1-2H3,(H,15,20). The van der Waals surface area contributed by atoms with Crippen LogP contribution in [0.3, 0.4) is 0 Å². The SMILES string of the molecule is CCCC(=O)N1CSCC1C(=O)Nc1ccc(=O)n(C)c1. The van der Waals surface area contributed by atoms with Crippen LogP contribution in [0.1, 0.15) is 19.8 Å². The van der Waals surface area contributed by atoms with Crippen molar-refractivity contribution in [3.63, 3.8) is 0 Å². The molecule has 0 saturated carbocycles. The van der Waals surface area contributed by atoms with Crippen LogP contribution in [0.2, 0.25) is 0 Å². The molecule has 6 nitrogen and oxygen atoms in total. The highest BCUT2D eigenvalue weighted by atomic mass is 32.2. The van der Waals surface area contributed by atoms with Crippen molar-refractivity contribution in [2.24, 2.45) is 7.05 Å². The summed E-state index contributed by atoms with van der Waals surface area (Å²) in [6, 6.07) is 2.53. The quantitative estimate of drug-likeness (QED) is 0.901. The smallest absolute Gasteiger partial charge is 0.250 e. The first-order chi connectivity index (χ1) is 10.0. The molecule has 1 aromatic heterocycles. The van der Waals surface area contributed by atoms with Crippen molar-refractivity contribution in [3.05, 3.63) is 28.7 Å². The lowest BCUT2D eigenvalue weighted by atomic mass is 10.2. The van der Waals surface area contributed by atoms with E-state index in [2.05, 4.69) is 5.32 Å². The molecule has 0 aliphatic carbocycles. The molecule has 1 aliphatic rings. The van der Waals surface area contributed by atoms with Gasteiger partial charge < -0.3 is 14.8 Å². The monoisotopic (exact) mass is 309 g/mol. The lowest BCUT2D eigenvalue weighted by Gasteiger charge is -2.23. The fourth-order valence-corrected chi connectivity index (χ4v) is 3.34. The lowest BCUT2D eigenvalue weighted by molar-refractivity contribution is -0.136. The number of carbonyl (C=O) groups is 2. The first-order valence-electron chi connectivity index (χ1n) is 6.87. The van der Waals surface area contributed by atoms with Gasteiger partial charge in [0, 0.05) is 31.5 Å². The van der Waals surface area contributed by atoms with Crippen molar-refractivity contribution in [1.82, 2.24) is 9.47 Å². The van der Waals surface area contributed by atoms with Crippen LogP contribution in [0.5, 0.6) is 0 Å². The average Bonchev–Trinajstić information content (AvgIpc) is 2.92. The van der Waals surface area contributed by atoms with Crippen molar-refractivity contribution in [3.8, 4) is 0 Å². The molecule has 0 spiro atoms. The van der Waals surface area contributed by atoms with Crippen molar-refractivity contribution < 1.29 is 9.59 Å². The number of pyridine rings is 1. The third-order valence-electron chi connectivity index (χ3n) is 3.32. The first-order valence-corrected chi connectivity index (χ1v) is 8.03. The number of aryl methyl sites for hydroxylation is 1. The molecule has 7 heteroatoms. The molecule has 1 atom stereocenters. The minimum Gasteiger partial charge on any atom is -0.323 e. The number of nitrogens with one attached hydrogen (secondary N) is 1. The number of hydrogen-bond donors (Lipinski definition) is 1. The zero-order chi connectivity index (χ0) is 15.4. The number of nitrogens with zero attached hydrogens (tertiary/aromatic N) is 2. The minimum absolute atomic E-state index is 0.0168. The summed E-state index contributed by atoms with van der Waals surface area (Å²) in [5.41, 5.74) is 0.422. The molecule has 1 saturated heterocycles. The van der Waals surface area contributed by atoms with Gasteiger partial charge in [0.25, 0.3) is 0 Å². The zero-order valence-electron chi connectivity index (χ0n) is 12.2. The molecule has 2 amide bonds. The van der Waals surface area contributed by atoms with Gasteiger partial charge in [0.1, 0.15) is 6.04 Å². The topological polar surface area (TPSA) is 71.4 Å². The van der Waals surface area contributed by atoms with E-state index in [1.807, 2.05) is 6.92 Å². The Kier molecular flexibility index (Phi) is 5.06. The molecular weight excluding hydrogens is 290 g/mol. The summed E-state index contributed by atoms with van der Waals surface area (Å²) in [5, 5.41) is 2.77. The largest absolute Gasteiger partial charge is 0.323 e. The fourth-order valence-electron chi connectivity index (χ4n) is 2.16. The summed E-state index contributed by atoms with van der Waals surface area (Å²) in [5.74, 6) is 0.975. The van der Waals surface area contributed by atoms with E-state index in [-0.39, 0.29) is 17.4 Å². The van der Waals surface area contributed by atoms with Crippen LogP contribution in [0.25, 0.3) is 0 Å². The van der Waals surface area contributed by atoms with Gasteiger partial charge in [-0.25, -0.2) is 0 Å². The number of amides is 2. The summed E-state index contributed by atoms with van der Waals surface area (Å²) in [4.78, 5) is 37.3. The maximum atomic E-state index is 12.3. The normalized spacial score (nSPS) is 17.8. The summed E-state index contributed by atoms with van der Waals surface area (Å²) < 4.78 is 1.40. The van der Waals surface area contributed by atoms with E-state index >= 15 is 0 Å². The Labute approximate surface area is 127 Å². The van der Waals surface area contributed by atoms with Gasteiger partial charge in [-0.3, -0.25) is 14.4 Å². The summed E-state index contributed by atoms with van der Waals surface area (Å²) in [6.45, 7) is 1.95. The summed E-state index contributed by atoms with van der Waals surface area (Å²) >= 11 is 1.58. The van der Waals surface area contributed by atoms with Crippen molar-refractivity contribution in [2.45, 2.75) is 25.8 Å². The van der Waals surface area contributed by atoms with Crippen LogP contribution in [-0.2, 0) is 16.6 Å². The third-order valence-corrected chi connectivity index (χ3v) is 4.33. The van der Waals surface area contributed by atoms with Crippen LogP contribution >= 0.6 is 11.8 Å². The van der Waals surface area contributed by atoms with E-state index < -0.39 is 6.04 Å². The molecule has 2 heterocycles. The second-order valence-corrected chi connectivity index (χ2v) is 5.99. The zero-order valence-corrected chi connectivity index (χ0v) is 13.0. The Morgan fingerprint density at radius 2 is 2.19 bits per heavy atom. The van der Waals surface area contributed by atoms with E-state index in [9.17, 15) is 14.4 Å². The van der Waals surface area contributed by atoms with Gasteiger partial charge >= 0.3 is 0 Å². The predicted molar refractivity (Wildman–Crippen MR) is 83.2 cm³/mol. The highest BCUT2D eigenvalue weighted by Gasteiger charge is 2.34. The summed E-state index contributed by atoms with van der Waals surface area (Å²) in [6.07, 6.45) is 2.81. The van der Waals surface area contributed by atoms with Crippen LogP contribution in [0.4, 0.5) is 5.69 Å². The van der Waals surface area contributed by atoms with Gasteiger partial charge in [0.15, 0.2) is 0 Å². The molecule has 1 aliphatic heterocycles. The van der Waals surface area contributed by atoms with Crippen molar-refractivity contribution in [1.29, 1.82) is 0 Å². The number of thioether (sulfide) groups is 1. The molecule has 2 rings (SSSR count). The molecule has 0 bridgehead atoms. The molecule has 114 valence electrons. The van der Waals surface area contributed by atoms with Gasteiger partial charge in [-0.2, -0.15) is 0 Å². The second-order valence-electron chi connectivity index (χ2n) is 4.99. The van der Waals surface area contributed by atoms with Crippen LogP contribution in [0, 0.1) is 0 Å². The average molecular weight is 309 g/mol. The van der Waals surface area contributed by atoms with E-state index in [1.165, 1.54) is 10.6 Å². The van der Waals surface area contributed by atoms with E-state index in [0.717, 1.165) is 6.42 Å².